The summed E-state index contributed by atoms with van der Waals surface area (Å²) in [5.41, 5.74) is 1.10. The van der Waals surface area contributed by atoms with Gasteiger partial charge in [0.1, 0.15) is 0 Å². The van der Waals surface area contributed by atoms with Crippen LogP contribution >= 0.6 is 11.6 Å². The van der Waals surface area contributed by atoms with Crippen LogP contribution in [0.15, 0.2) is 42.5 Å². The summed E-state index contributed by atoms with van der Waals surface area (Å²) in [7, 11) is 3.30. The maximum Gasteiger partial charge on any atom is 0.253 e. The lowest BCUT2D eigenvalue weighted by Gasteiger charge is -2.12. The molecule has 2 rings (SSSR count). The van der Waals surface area contributed by atoms with Gasteiger partial charge in [0.15, 0.2) is 5.82 Å². The minimum Gasteiger partial charge on any atom is -0.374 e. The Kier molecular flexibility index (Phi) is 5.76. The smallest absolute Gasteiger partial charge is 0.253 e. The fraction of sp³-hybridized carbons (Fsp3) is 0.176. The molecule has 0 saturated carbocycles. The van der Waals surface area contributed by atoms with Crippen molar-refractivity contribution in [2.75, 3.05) is 31.3 Å². The van der Waals surface area contributed by atoms with E-state index in [-0.39, 0.29) is 29.1 Å². The molecule has 0 atom stereocenters. The highest BCUT2D eigenvalue weighted by molar-refractivity contribution is 6.31. The molecule has 0 saturated heterocycles. The van der Waals surface area contributed by atoms with Crippen LogP contribution in [0, 0.1) is 5.82 Å². The molecule has 2 amide bonds. The van der Waals surface area contributed by atoms with Gasteiger partial charge in [0.2, 0.25) is 5.91 Å². The zero-order chi connectivity index (χ0) is 17.7. The zero-order valence-corrected chi connectivity index (χ0v) is 14.0. The summed E-state index contributed by atoms with van der Waals surface area (Å²) in [6.07, 6.45) is 0. The fourth-order valence-corrected chi connectivity index (χ4v) is 2.18. The molecule has 0 bridgehead atoms. The van der Waals surface area contributed by atoms with Gasteiger partial charge >= 0.3 is 0 Å². The first-order chi connectivity index (χ1) is 11.4. The van der Waals surface area contributed by atoms with Gasteiger partial charge in [-0.15, -0.1) is 0 Å². The number of carbonyl (C=O) groups excluding carboxylic acids is 2. The van der Waals surface area contributed by atoms with Crippen molar-refractivity contribution in [1.29, 1.82) is 0 Å². The van der Waals surface area contributed by atoms with Crippen LogP contribution in [0.4, 0.5) is 15.8 Å². The molecule has 0 aliphatic heterocycles. The van der Waals surface area contributed by atoms with Gasteiger partial charge in [0.25, 0.3) is 5.91 Å². The molecule has 0 radical (unpaired) electrons. The molecule has 2 aromatic rings. The lowest BCUT2D eigenvalue weighted by molar-refractivity contribution is -0.114. The SMILES string of the molecule is CN(C)C(=O)c1cccc(NC(=O)CNc2cccc(Cl)c2F)c1. The molecule has 24 heavy (non-hydrogen) atoms. The Bertz CT molecular complexity index is 765. The maximum absolute atomic E-state index is 13.7. The highest BCUT2D eigenvalue weighted by atomic mass is 35.5. The average molecular weight is 350 g/mol. The topological polar surface area (TPSA) is 61.4 Å². The van der Waals surface area contributed by atoms with Crippen molar-refractivity contribution >= 4 is 34.8 Å². The third kappa shape index (κ3) is 4.45. The first-order valence-corrected chi connectivity index (χ1v) is 7.55. The molecule has 2 N–H and O–H groups in total. The van der Waals surface area contributed by atoms with Crippen LogP contribution in [0.3, 0.4) is 0 Å². The first kappa shape index (κ1) is 17.7. The quantitative estimate of drug-likeness (QED) is 0.871. The lowest BCUT2D eigenvalue weighted by Crippen LogP contribution is -2.23. The molecular formula is C17H17ClFN3O2. The van der Waals surface area contributed by atoms with E-state index in [1.54, 1.807) is 44.4 Å². The molecular weight excluding hydrogens is 333 g/mol. The van der Waals surface area contributed by atoms with Crippen LogP contribution in [0.5, 0.6) is 0 Å². The van der Waals surface area contributed by atoms with Crippen LogP contribution in [0.1, 0.15) is 10.4 Å². The van der Waals surface area contributed by atoms with Crippen molar-refractivity contribution in [3.63, 3.8) is 0 Å². The molecule has 0 fully saturated rings. The van der Waals surface area contributed by atoms with Gasteiger partial charge in [-0.25, -0.2) is 4.39 Å². The van der Waals surface area contributed by atoms with Crippen LogP contribution < -0.4 is 10.6 Å². The third-order valence-electron chi connectivity index (χ3n) is 3.19. The van der Waals surface area contributed by atoms with E-state index in [0.29, 0.717) is 11.3 Å². The van der Waals surface area contributed by atoms with E-state index >= 15 is 0 Å². The summed E-state index contributed by atoms with van der Waals surface area (Å²) < 4.78 is 13.7. The molecule has 0 aliphatic rings. The Balaban J connectivity index is 1.99. The van der Waals surface area contributed by atoms with Gasteiger partial charge in [0, 0.05) is 25.3 Å². The monoisotopic (exact) mass is 349 g/mol. The summed E-state index contributed by atoms with van der Waals surface area (Å²) in [6.45, 7) is -0.136. The Morgan fingerprint density at radius 1 is 1.17 bits per heavy atom. The van der Waals surface area contributed by atoms with Crippen molar-refractivity contribution in [1.82, 2.24) is 4.90 Å². The number of benzene rings is 2. The highest BCUT2D eigenvalue weighted by Gasteiger charge is 2.11. The number of anilines is 2. The minimum atomic E-state index is -0.606. The van der Waals surface area contributed by atoms with Gasteiger partial charge in [-0.2, -0.15) is 0 Å². The van der Waals surface area contributed by atoms with E-state index in [1.165, 1.54) is 17.0 Å². The highest BCUT2D eigenvalue weighted by Crippen LogP contribution is 2.21. The Morgan fingerprint density at radius 2 is 1.88 bits per heavy atom. The van der Waals surface area contributed by atoms with Gasteiger partial charge < -0.3 is 15.5 Å². The number of amides is 2. The number of hydrogen-bond donors (Lipinski definition) is 2. The van der Waals surface area contributed by atoms with Crippen LogP contribution in [-0.4, -0.2) is 37.4 Å². The van der Waals surface area contributed by atoms with Crippen molar-refractivity contribution in [3.05, 3.63) is 58.9 Å². The largest absolute Gasteiger partial charge is 0.374 e. The second-order valence-electron chi connectivity index (χ2n) is 5.28. The summed E-state index contributed by atoms with van der Waals surface area (Å²) in [4.78, 5) is 25.3. The second kappa shape index (κ2) is 7.79. The van der Waals surface area contributed by atoms with E-state index in [0.717, 1.165) is 0 Å². The predicted molar refractivity (Wildman–Crippen MR) is 93.0 cm³/mol. The van der Waals surface area contributed by atoms with Crippen LogP contribution in [0.2, 0.25) is 5.02 Å². The number of rotatable bonds is 5. The van der Waals surface area contributed by atoms with E-state index in [2.05, 4.69) is 10.6 Å². The van der Waals surface area contributed by atoms with Gasteiger partial charge in [-0.1, -0.05) is 23.7 Å². The molecule has 0 aromatic heterocycles. The number of nitrogens with zero attached hydrogens (tertiary/aromatic N) is 1. The van der Waals surface area contributed by atoms with Gasteiger partial charge in [-0.3, -0.25) is 9.59 Å². The first-order valence-electron chi connectivity index (χ1n) is 7.18. The number of carbonyl (C=O) groups is 2. The van der Waals surface area contributed by atoms with Gasteiger partial charge in [0.05, 0.1) is 17.3 Å². The summed E-state index contributed by atoms with van der Waals surface area (Å²) in [6, 6.07) is 11.1. The number of nitrogens with one attached hydrogen (secondary N) is 2. The number of halogens is 2. The number of hydrogen-bond acceptors (Lipinski definition) is 3. The molecule has 0 heterocycles. The lowest BCUT2D eigenvalue weighted by atomic mass is 10.2. The molecule has 0 spiro atoms. The van der Waals surface area contributed by atoms with Crippen LogP contribution in [0.25, 0.3) is 0 Å². The van der Waals surface area contributed by atoms with Crippen molar-refractivity contribution in [2.45, 2.75) is 0 Å². The summed E-state index contributed by atoms with van der Waals surface area (Å²) >= 11 is 5.68. The standard InChI is InChI=1S/C17H17ClFN3O2/c1-22(2)17(24)11-5-3-6-12(9-11)21-15(23)10-20-14-8-4-7-13(18)16(14)19/h3-9,20H,10H2,1-2H3,(H,21,23). The summed E-state index contributed by atoms with van der Waals surface area (Å²) in [5, 5.41) is 5.32. The van der Waals surface area contributed by atoms with Gasteiger partial charge in [-0.05, 0) is 30.3 Å². The van der Waals surface area contributed by atoms with E-state index in [9.17, 15) is 14.0 Å². The third-order valence-corrected chi connectivity index (χ3v) is 3.48. The molecule has 7 heteroatoms. The Morgan fingerprint density at radius 3 is 2.58 bits per heavy atom. The van der Waals surface area contributed by atoms with E-state index in [4.69, 9.17) is 11.6 Å². The van der Waals surface area contributed by atoms with Crippen molar-refractivity contribution in [2.24, 2.45) is 0 Å². The summed E-state index contributed by atoms with van der Waals surface area (Å²) in [5.74, 6) is -1.14. The average Bonchev–Trinajstić information content (AvgIpc) is 2.55. The zero-order valence-electron chi connectivity index (χ0n) is 13.3. The predicted octanol–water partition coefficient (Wildman–Crippen LogP) is 3.23. The minimum absolute atomic E-state index is 0.0182. The van der Waals surface area contributed by atoms with Crippen LogP contribution in [-0.2, 0) is 4.79 Å². The Hall–Kier alpha value is -2.60. The van der Waals surface area contributed by atoms with Crippen molar-refractivity contribution in [3.8, 4) is 0 Å². The normalized spacial score (nSPS) is 10.2. The molecule has 5 nitrogen and oxygen atoms in total. The van der Waals surface area contributed by atoms with Crippen molar-refractivity contribution < 1.29 is 14.0 Å². The van der Waals surface area contributed by atoms with E-state index < -0.39 is 5.82 Å². The second-order valence-corrected chi connectivity index (χ2v) is 5.69. The molecule has 0 aliphatic carbocycles. The van der Waals surface area contributed by atoms with E-state index in [1.807, 2.05) is 0 Å². The maximum atomic E-state index is 13.7. The molecule has 2 aromatic carbocycles. The molecule has 0 unspecified atom stereocenters. The molecule has 126 valence electrons. The Labute approximate surface area is 144 Å². The fourth-order valence-electron chi connectivity index (χ4n) is 2.01.